The second kappa shape index (κ2) is 8.32. The summed E-state index contributed by atoms with van der Waals surface area (Å²) in [5, 5.41) is 13.6. The van der Waals surface area contributed by atoms with Crippen LogP contribution in [0.1, 0.15) is 20.3 Å². The molecular weight excluding hydrogens is 240 g/mol. The molecule has 0 spiro atoms. The molecule has 3 N–H and O–H groups in total. The van der Waals surface area contributed by atoms with Crippen LogP contribution >= 0.6 is 0 Å². The SMILES string of the molecule is COC(=O)CNC(=O)NCC(CC(C)C)C(=O)O. The number of hydrogen-bond acceptors (Lipinski definition) is 4. The molecule has 0 bridgehead atoms. The molecule has 0 aromatic carbocycles. The Morgan fingerprint density at radius 3 is 2.28 bits per heavy atom. The second-order valence-electron chi connectivity index (χ2n) is 4.30. The molecule has 2 amide bonds. The van der Waals surface area contributed by atoms with Gasteiger partial charge < -0.3 is 20.5 Å². The maximum atomic E-state index is 11.3. The third kappa shape index (κ3) is 7.48. The molecule has 7 heteroatoms. The lowest BCUT2D eigenvalue weighted by molar-refractivity contribution is -0.142. The molecule has 0 aromatic rings. The molecule has 18 heavy (non-hydrogen) atoms. The van der Waals surface area contributed by atoms with Gasteiger partial charge in [-0.15, -0.1) is 0 Å². The van der Waals surface area contributed by atoms with Crippen LogP contribution in [-0.2, 0) is 14.3 Å². The van der Waals surface area contributed by atoms with E-state index in [1.54, 1.807) is 0 Å². The van der Waals surface area contributed by atoms with Gasteiger partial charge in [-0.1, -0.05) is 13.8 Å². The van der Waals surface area contributed by atoms with Crippen molar-refractivity contribution in [2.45, 2.75) is 20.3 Å². The maximum absolute atomic E-state index is 11.3. The minimum Gasteiger partial charge on any atom is -0.481 e. The van der Waals surface area contributed by atoms with Crippen LogP contribution in [-0.4, -0.2) is 43.3 Å². The van der Waals surface area contributed by atoms with Crippen LogP contribution in [0.5, 0.6) is 0 Å². The average molecular weight is 260 g/mol. The van der Waals surface area contributed by atoms with Crippen molar-refractivity contribution in [3.8, 4) is 0 Å². The molecule has 0 rings (SSSR count). The van der Waals surface area contributed by atoms with Crippen LogP contribution in [0.15, 0.2) is 0 Å². The molecule has 7 nitrogen and oxygen atoms in total. The van der Waals surface area contributed by atoms with E-state index in [9.17, 15) is 14.4 Å². The Morgan fingerprint density at radius 1 is 1.22 bits per heavy atom. The summed E-state index contributed by atoms with van der Waals surface area (Å²) in [4.78, 5) is 32.9. The predicted molar refractivity (Wildman–Crippen MR) is 64.0 cm³/mol. The summed E-state index contributed by atoms with van der Waals surface area (Å²) < 4.78 is 4.34. The number of rotatable bonds is 7. The number of hydrogen-bond donors (Lipinski definition) is 3. The van der Waals surface area contributed by atoms with E-state index < -0.39 is 23.9 Å². The van der Waals surface area contributed by atoms with Crippen LogP contribution in [0.4, 0.5) is 4.79 Å². The number of carbonyl (C=O) groups excluding carboxylic acids is 2. The van der Waals surface area contributed by atoms with Crippen molar-refractivity contribution in [3.63, 3.8) is 0 Å². The molecule has 0 saturated heterocycles. The Balaban J connectivity index is 4.00. The van der Waals surface area contributed by atoms with Gasteiger partial charge in [0.15, 0.2) is 0 Å². The summed E-state index contributed by atoms with van der Waals surface area (Å²) in [5.74, 6) is -1.92. The van der Waals surface area contributed by atoms with Crippen molar-refractivity contribution < 1.29 is 24.2 Å². The highest BCUT2D eigenvalue weighted by Crippen LogP contribution is 2.10. The van der Waals surface area contributed by atoms with Crippen LogP contribution in [0.25, 0.3) is 0 Å². The lowest BCUT2D eigenvalue weighted by atomic mass is 9.97. The third-order valence-electron chi connectivity index (χ3n) is 2.24. The minimum atomic E-state index is -0.947. The number of esters is 1. The number of ether oxygens (including phenoxy) is 1. The van der Waals surface area contributed by atoms with Crippen molar-refractivity contribution in [1.82, 2.24) is 10.6 Å². The first-order valence-corrected chi connectivity index (χ1v) is 5.68. The highest BCUT2D eigenvalue weighted by molar-refractivity contribution is 5.81. The molecule has 0 heterocycles. The molecule has 1 atom stereocenters. The lowest BCUT2D eigenvalue weighted by Crippen LogP contribution is -2.42. The van der Waals surface area contributed by atoms with Crippen molar-refractivity contribution in [3.05, 3.63) is 0 Å². The number of urea groups is 1. The van der Waals surface area contributed by atoms with Crippen molar-refractivity contribution >= 4 is 18.0 Å². The van der Waals surface area contributed by atoms with Gasteiger partial charge in [-0.2, -0.15) is 0 Å². The number of carbonyl (C=O) groups is 3. The van der Waals surface area contributed by atoms with Gasteiger partial charge in [0.1, 0.15) is 6.54 Å². The van der Waals surface area contributed by atoms with Gasteiger partial charge in [0.2, 0.25) is 0 Å². The lowest BCUT2D eigenvalue weighted by Gasteiger charge is -2.15. The molecule has 0 radical (unpaired) electrons. The Bertz CT molecular complexity index is 304. The van der Waals surface area contributed by atoms with E-state index in [4.69, 9.17) is 5.11 Å². The fraction of sp³-hybridized carbons (Fsp3) is 0.727. The summed E-state index contributed by atoms with van der Waals surface area (Å²) >= 11 is 0. The van der Waals surface area contributed by atoms with Gasteiger partial charge in [0, 0.05) is 6.54 Å². The number of amides is 2. The fourth-order valence-electron chi connectivity index (χ4n) is 1.34. The third-order valence-corrected chi connectivity index (χ3v) is 2.24. The highest BCUT2D eigenvalue weighted by atomic mass is 16.5. The largest absolute Gasteiger partial charge is 0.481 e. The monoisotopic (exact) mass is 260 g/mol. The summed E-state index contributed by atoms with van der Waals surface area (Å²) in [6.45, 7) is 3.60. The van der Waals surface area contributed by atoms with E-state index in [1.807, 2.05) is 13.8 Å². The average Bonchev–Trinajstić information content (AvgIpc) is 2.30. The first-order chi connectivity index (χ1) is 8.36. The zero-order valence-corrected chi connectivity index (χ0v) is 10.9. The van der Waals surface area contributed by atoms with E-state index in [0.29, 0.717) is 6.42 Å². The minimum absolute atomic E-state index is 0.0283. The Hall–Kier alpha value is -1.79. The van der Waals surface area contributed by atoms with E-state index in [-0.39, 0.29) is 19.0 Å². The first kappa shape index (κ1) is 16.2. The Kier molecular flexibility index (Phi) is 7.50. The molecule has 0 fully saturated rings. The molecule has 0 aliphatic heterocycles. The summed E-state index contributed by atoms with van der Waals surface area (Å²) in [7, 11) is 1.21. The molecular formula is C11H20N2O5. The Labute approximate surface area is 106 Å². The number of nitrogens with one attached hydrogen (secondary N) is 2. The molecule has 1 unspecified atom stereocenters. The molecule has 0 saturated carbocycles. The smallest absolute Gasteiger partial charge is 0.325 e. The maximum Gasteiger partial charge on any atom is 0.325 e. The van der Waals surface area contributed by atoms with Crippen molar-refractivity contribution in [2.24, 2.45) is 11.8 Å². The topological polar surface area (TPSA) is 105 Å². The van der Waals surface area contributed by atoms with Crippen LogP contribution in [0.2, 0.25) is 0 Å². The highest BCUT2D eigenvalue weighted by Gasteiger charge is 2.19. The van der Waals surface area contributed by atoms with Gasteiger partial charge in [-0.05, 0) is 12.3 Å². The van der Waals surface area contributed by atoms with E-state index in [1.165, 1.54) is 7.11 Å². The predicted octanol–water partition coefficient (Wildman–Crippen LogP) is 0.206. The number of carboxylic acid groups (broad SMARTS) is 1. The second-order valence-corrected chi connectivity index (χ2v) is 4.30. The molecule has 0 aliphatic carbocycles. The van der Waals surface area contributed by atoms with Crippen LogP contribution < -0.4 is 10.6 Å². The van der Waals surface area contributed by atoms with Gasteiger partial charge in [-0.25, -0.2) is 4.79 Å². The summed E-state index contributed by atoms with van der Waals surface area (Å²) in [5.41, 5.74) is 0. The molecule has 0 aliphatic rings. The van der Waals surface area contributed by atoms with Crippen LogP contribution in [0.3, 0.4) is 0 Å². The zero-order valence-electron chi connectivity index (χ0n) is 10.9. The van der Waals surface area contributed by atoms with Gasteiger partial charge in [0.05, 0.1) is 13.0 Å². The molecule has 0 aromatic heterocycles. The molecule has 104 valence electrons. The summed E-state index contributed by atoms with van der Waals surface area (Å²) in [6, 6.07) is -0.588. The van der Waals surface area contributed by atoms with Crippen LogP contribution in [0, 0.1) is 11.8 Å². The number of carboxylic acids is 1. The number of methoxy groups -OCH3 is 1. The fourth-order valence-corrected chi connectivity index (χ4v) is 1.34. The van der Waals surface area contributed by atoms with E-state index in [0.717, 1.165) is 0 Å². The Morgan fingerprint density at radius 2 is 1.83 bits per heavy atom. The van der Waals surface area contributed by atoms with E-state index in [2.05, 4.69) is 15.4 Å². The number of aliphatic carboxylic acids is 1. The quantitative estimate of drug-likeness (QED) is 0.567. The normalized spacial score (nSPS) is 11.8. The first-order valence-electron chi connectivity index (χ1n) is 5.68. The van der Waals surface area contributed by atoms with Gasteiger partial charge in [-0.3, -0.25) is 9.59 Å². The van der Waals surface area contributed by atoms with Gasteiger partial charge >= 0.3 is 18.0 Å². The summed E-state index contributed by atoms with van der Waals surface area (Å²) in [6.07, 6.45) is 0.479. The van der Waals surface area contributed by atoms with Crippen molar-refractivity contribution in [2.75, 3.05) is 20.2 Å². The standard InChI is InChI=1S/C11H20N2O5/c1-7(2)4-8(10(15)16)5-12-11(17)13-6-9(14)18-3/h7-8H,4-6H2,1-3H3,(H,15,16)(H2,12,13,17). The van der Waals surface area contributed by atoms with Gasteiger partial charge in [0.25, 0.3) is 0 Å². The van der Waals surface area contributed by atoms with E-state index >= 15 is 0 Å². The van der Waals surface area contributed by atoms with Crippen molar-refractivity contribution in [1.29, 1.82) is 0 Å². The zero-order chi connectivity index (χ0) is 14.1.